The molecule has 1 atom stereocenters. The van der Waals surface area contributed by atoms with E-state index in [1.807, 2.05) is 0 Å². The molecule has 0 saturated heterocycles. The lowest BCUT2D eigenvalue weighted by Crippen LogP contribution is -2.13. The summed E-state index contributed by atoms with van der Waals surface area (Å²) in [6.07, 6.45) is -0.763. The molecular formula is C10H14FNO2. The normalized spacial score (nSPS) is 12.9. The molecular weight excluding hydrogens is 185 g/mol. The Bertz CT molecular complexity index is 304. The minimum atomic E-state index is -0.763. The highest BCUT2D eigenvalue weighted by Gasteiger charge is 2.11. The summed E-state index contributed by atoms with van der Waals surface area (Å²) in [6, 6.07) is 4.17. The largest absolute Gasteiger partial charge is 0.387 e. The Labute approximate surface area is 82.3 Å². The SMILES string of the molecule is COCc1cc(F)ccc1C(O)CN. The molecule has 0 aliphatic carbocycles. The van der Waals surface area contributed by atoms with E-state index in [1.165, 1.54) is 25.3 Å². The van der Waals surface area contributed by atoms with E-state index >= 15 is 0 Å². The maximum absolute atomic E-state index is 12.9. The predicted octanol–water partition coefficient (Wildman–Crippen LogP) is 0.964. The first-order chi connectivity index (χ1) is 6.69. The van der Waals surface area contributed by atoms with Gasteiger partial charge in [0.05, 0.1) is 12.7 Å². The number of rotatable bonds is 4. The van der Waals surface area contributed by atoms with E-state index in [9.17, 15) is 9.50 Å². The van der Waals surface area contributed by atoms with Crippen LogP contribution in [0.4, 0.5) is 4.39 Å². The lowest BCUT2D eigenvalue weighted by atomic mass is 10.0. The number of nitrogens with two attached hydrogens (primary N) is 1. The van der Waals surface area contributed by atoms with Gasteiger partial charge in [-0.05, 0) is 23.3 Å². The number of hydrogen-bond acceptors (Lipinski definition) is 3. The molecule has 1 aromatic rings. The zero-order valence-corrected chi connectivity index (χ0v) is 8.03. The third-order valence-electron chi connectivity index (χ3n) is 1.99. The minimum Gasteiger partial charge on any atom is -0.387 e. The molecule has 0 aliphatic heterocycles. The van der Waals surface area contributed by atoms with Crippen LogP contribution in [0.15, 0.2) is 18.2 Å². The Hall–Kier alpha value is -0.970. The number of ether oxygens (including phenoxy) is 1. The number of methoxy groups -OCH3 is 1. The average molecular weight is 199 g/mol. The molecule has 3 nitrogen and oxygen atoms in total. The predicted molar refractivity (Wildman–Crippen MR) is 51.1 cm³/mol. The van der Waals surface area contributed by atoms with Crippen molar-refractivity contribution in [3.05, 3.63) is 35.1 Å². The Kier molecular flexibility index (Phi) is 4.00. The smallest absolute Gasteiger partial charge is 0.123 e. The summed E-state index contributed by atoms with van der Waals surface area (Å²) in [5, 5.41) is 9.52. The molecule has 1 unspecified atom stereocenters. The fraction of sp³-hybridized carbons (Fsp3) is 0.400. The van der Waals surface area contributed by atoms with Crippen LogP contribution in [0.5, 0.6) is 0 Å². The minimum absolute atomic E-state index is 0.113. The molecule has 0 radical (unpaired) electrons. The molecule has 0 spiro atoms. The van der Waals surface area contributed by atoms with Crippen molar-refractivity contribution in [3.63, 3.8) is 0 Å². The van der Waals surface area contributed by atoms with Gasteiger partial charge >= 0.3 is 0 Å². The number of aliphatic hydroxyl groups is 1. The van der Waals surface area contributed by atoms with Gasteiger partial charge in [0.15, 0.2) is 0 Å². The third-order valence-corrected chi connectivity index (χ3v) is 1.99. The van der Waals surface area contributed by atoms with Crippen molar-refractivity contribution in [3.8, 4) is 0 Å². The van der Waals surface area contributed by atoms with Crippen LogP contribution >= 0.6 is 0 Å². The van der Waals surface area contributed by atoms with Gasteiger partial charge in [-0.15, -0.1) is 0 Å². The Balaban J connectivity index is 3.01. The van der Waals surface area contributed by atoms with Gasteiger partial charge < -0.3 is 15.6 Å². The maximum Gasteiger partial charge on any atom is 0.123 e. The first kappa shape index (κ1) is 11.1. The van der Waals surface area contributed by atoms with Gasteiger partial charge in [0.25, 0.3) is 0 Å². The second-order valence-electron chi connectivity index (χ2n) is 3.03. The summed E-state index contributed by atoms with van der Waals surface area (Å²) in [5.41, 5.74) is 6.57. The molecule has 0 heterocycles. The molecule has 0 saturated carbocycles. The zero-order chi connectivity index (χ0) is 10.6. The molecule has 1 rings (SSSR count). The Morgan fingerprint density at radius 3 is 2.86 bits per heavy atom. The maximum atomic E-state index is 12.9. The standard InChI is InChI=1S/C10H14FNO2/c1-14-6-7-4-8(11)2-3-9(7)10(13)5-12/h2-4,10,13H,5-6,12H2,1H3. The van der Waals surface area contributed by atoms with E-state index in [0.29, 0.717) is 11.1 Å². The van der Waals surface area contributed by atoms with E-state index in [1.54, 1.807) is 0 Å². The van der Waals surface area contributed by atoms with E-state index < -0.39 is 6.10 Å². The van der Waals surface area contributed by atoms with E-state index in [0.717, 1.165) is 0 Å². The fourth-order valence-electron chi connectivity index (χ4n) is 1.31. The van der Waals surface area contributed by atoms with E-state index in [2.05, 4.69) is 0 Å². The molecule has 0 bridgehead atoms. The van der Waals surface area contributed by atoms with Crippen molar-refractivity contribution in [2.45, 2.75) is 12.7 Å². The molecule has 14 heavy (non-hydrogen) atoms. The fourth-order valence-corrected chi connectivity index (χ4v) is 1.31. The lowest BCUT2D eigenvalue weighted by molar-refractivity contribution is 0.165. The van der Waals surface area contributed by atoms with Gasteiger partial charge in [-0.1, -0.05) is 6.07 Å². The van der Waals surface area contributed by atoms with E-state index in [-0.39, 0.29) is 19.0 Å². The number of halogens is 1. The molecule has 1 aromatic carbocycles. The van der Waals surface area contributed by atoms with Gasteiger partial charge in [0, 0.05) is 13.7 Å². The second-order valence-corrected chi connectivity index (χ2v) is 3.03. The van der Waals surface area contributed by atoms with Gasteiger partial charge in [-0.3, -0.25) is 0 Å². The summed E-state index contributed by atoms with van der Waals surface area (Å²) < 4.78 is 17.8. The number of hydrogen-bond donors (Lipinski definition) is 2. The van der Waals surface area contributed by atoms with Crippen LogP contribution < -0.4 is 5.73 Å². The zero-order valence-electron chi connectivity index (χ0n) is 8.03. The molecule has 3 N–H and O–H groups in total. The summed E-state index contributed by atoms with van der Waals surface area (Å²) in [5.74, 6) is -0.343. The highest BCUT2D eigenvalue weighted by atomic mass is 19.1. The first-order valence-corrected chi connectivity index (χ1v) is 4.34. The van der Waals surface area contributed by atoms with Crippen LogP contribution in [0.25, 0.3) is 0 Å². The summed E-state index contributed by atoms with van der Waals surface area (Å²) in [7, 11) is 1.52. The molecule has 0 aliphatic rings. The summed E-state index contributed by atoms with van der Waals surface area (Å²) >= 11 is 0. The number of benzene rings is 1. The topological polar surface area (TPSA) is 55.5 Å². The van der Waals surface area contributed by atoms with Crippen molar-refractivity contribution in [2.24, 2.45) is 5.73 Å². The third kappa shape index (κ3) is 2.51. The van der Waals surface area contributed by atoms with Gasteiger partial charge in [-0.25, -0.2) is 4.39 Å². The van der Waals surface area contributed by atoms with Crippen molar-refractivity contribution in [2.75, 3.05) is 13.7 Å². The van der Waals surface area contributed by atoms with Crippen molar-refractivity contribution >= 4 is 0 Å². The highest BCUT2D eigenvalue weighted by Crippen LogP contribution is 2.19. The Morgan fingerprint density at radius 2 is 2.29 bits per heavy atom. The van der Waals surface area contributed by atoms with Crippen molar-refractivity contribution < 1.29 is 14.2 Å². The van der Waals surface area contributed by atoms with E-state index in [4.69, 9.17) is 10.5 Å². The van der Waals surface area contributed by atoms with Crippen LogP contribution in [0.3, 0.4) is 0 Å². The van der Waals surface area contributed by atoms with Crippen LogP contribution in [0.2, 0.25) is 0 Å². The number of aliphatic hydroxyl groups excluding tert-OH is 1. The van der Waals surface area contributed by atoms with Crippen molar-refractivity contribution in [1.29, 1.82) is 0 Å². The quantitative estimate of drug-likeness (QED) is 0.759. The molecule has 0 fully saturated rings. The lowest BCUT2D eigenvalue weighted by Gasteiger charge is -2.13. The summed E-state index contributed by atoms with van der Waals surface area (Å²) in [6.45, 7) is 0.381. The second kappa shape index (κ2) is 5.05. The van der Waals surface area contributed by atoms with Crippen LogP contribution in [-0.4, -0.2) is 18.8 Å². The highest BCUT2D eigenvalue weighted by molar-refractivity contribution is 5.29. The van der Waals surface area contributed by atoms with Gasteiger partial charge in [-0.2, -0.15) is 0 Å². The molecule has 0 amide bonds. The summed E-state index contributed by atoms with van der Waals surface area (Å²) in [4.78, 5) is 0. The van der Waals surface area contributed by atoms with Gasteiger partial charge in [0.1, 0.15) is 5.82 Å². The van der Waals surface area contributed by atoms with Crippen LogP contribution in [0, 0.1) is 5.82 Å². The van der Waals surface area contributed by atoms with Crippen LogP contribution in [-0.2, 0) is 11.3 Å². The van der Waals surface area contributed by atoms with Crippen molar-refractivity contribution in [1.82, 2.24) is 0 Å². The monoisotopic (exact) mass is 199 g/mol. The molecule has 0 aromatic heterocycles. The average Bonchev–Trinajstić information content (AvgIpc) is 2.17. The molecule has 78 valence electrons. The Morgan fingerprint density at radius 1 is 1.57 bits per heavy atom. The molecule has 4 heteroatoms. The van der Waals surface area contributed by atoms with Crippen LogP contribution in [0.1, 0.15) is 17.2 Å². The van der Waals surface area contributed by atoms with Gasteiger partial charge in [0.2, 0.25) is 0 Å². The first-order valence-electron chi connectivity index (χ1n) is 4.34.